The third-order valence-electron chi connectivity index (χ3n) is 4.51. The summed E-state index contributed by atoms with van der Waals surface area (Å²) >= 11 is 6.02. The van der Waals surface area contributed by atoms with Gasteiger partial charge in [0.1, 0.15) is 5.75 Å². The quantitative estimate of drug-likeness (QED) is 0.791. The second-order valence-corrected chi connectivity index (χ2v) is 7.26. The summed E-state index contributed by atoms with van der Waals surface area (Å²) in [4.78, 5) is 30.2. The number of halogens is 1. The minimum Gasteiger partial charge on any atom is -0.496 e. The number of amides is 1. The van der Waals surface area contributed by atoms with Gasteiger partial charge in [-0.05, 0) is 37.5 Å². The van der Waals surface area contributed by atoms with Crippen LogP contribution in [0.1, 0.15) is 35.4 Å². The molecule has 2 aromatic rings. The molecule has 0 spiro atoms. The van der Waals surface area contributed by atoms with Crippen molar-refractivity contribution in [3.63, 3.8) is 0 Å². The van der Waals surface area contributed by atoms with Crippen LogP contribution < -0.4 is 19.9 Å². The highest BCUT2D eigenvalue weighted by Gasteiger charge is 2.18. The number of piperidine rings is 1. The van der Waals surface area contributed by atoms with Crippen LogP contribution in [0.4, 0.5) is 11.9 Å². The first-order valence-electron chi connectivity index (χ1n) is 9.27. The highest BCUT2D eigenvalue weighted by molar-refractivity contribution is 6.31. The summed E-state index contributed by atoms with van der Waals surface area (Å²) in [5, 5.41) is 3.31. The van der Waals surface area contributed by atoms with E-state index in [4.69, 9.17) is 16.3 Å². The normalized spacial score (nSPS) is 13.9. The number of hydrogen-bond donors (Lipinski definition) is 1. The number of anilines is 2. The van der Waals surface area contributed by atoms with Crippen LogP contribution in [0.5, 0.6) is 5.75 Å². The van der Waals surface area contributed by atoms with Gasteiger partial charge in [0.15, 0.2) is 5.82 Å². The van der Waals surface area contributed by atoms with Gasteiger partial charge in [-0.1, -0.05) is 11.6 Å². The molecule has 1 aromatic carbocycles. The van der Waals surface area contributed by atoms with Gasteiger partial charge in [-0.2, -0.15) is 15.0 Å². The van der Waals surface area contributed by atoms with Crippen LogP contribution in [0, 0.1) is 0 Å². The number of benzene rings is 1. The molecule has 150 valence electrons. The maximum atomic E-state index is 12.6. The van der Waals surface area contributed by atoms with E-state index in [1.807, 2.05) is 19.0 Å². The summed E-state index contributed by atoms with van der Waals surface area (Å²) in [6, 6.07) is 4.92. The van der Waals surface area contributed by atoms with E-state index in [1.54, 1.807) is 18.2 Å². The molecule has 0 bridgehead atoms. The lowest BCUT2D eigenvalue weighted by Gasteiger charge is -2.27. The van der Waals surface area contributed by atoms with Gasteiger partial charge in [0, 0.05) is 32.2 Å². The summed E-state index contributed by atoms with van der Waals surface area (Å²) in [5.41, 5.74) is 0.369. The number of ether oxygens (including phenoxy) is 1. The zero-order valence-corrected chi connectivity index (χ0v) is 17.2. The number of hydrogen-bond acceptors (Lipinski definition) is 7. The molecule has 3 rings (SSSR count). The SMILES string of the molecule is COc1ccc(Cl)cc1C(=O)NCc1nc(N(C)C)nc(N2CCCCC2)n1. The molecular formula is C19H25ClN6O2. The minimum atomic E-state index is -0.300. The first-order valence-corrected chi connectivity index (χ1v) is 9.64. The highest BCUT2D eigenvalue weighted by atomic mass is 35.5. The molecule has 1 aliphatic heterocycles. The summed E-state index contributed by atoms with van der Waals surface area (Å²) < 4.78 is 5.25. The van der Waals surface area contributed by atoms with Crippen LogP contribution in [0.15, 0.2) is 18.2 Å². The van der Waals surface area contributed by atoms with E-state index in [0.717, 1.165) is 25.9 Å². The average Bonchev–Trinajstić information content (AvgIpc) is 2.72. The molecule has 1 N–H and O–H groups in total. The predicted octanol–water partition coefficient (Wildman–Crippen LogP) is 2.52. The van der Waals surface area contributed by atoms with Gasteiger partial charge >= 0.3 is 0 Å². The molecule has 1 amide bonds. The Morgan fingerprint density at radius 2 is 1.96 bits per heavy atom. The number of methoxy groups -OCH3 is 1. The van der Waals surface area contributed by atoms with E-state index in [2.05, 4.69) is 25.2 Å². The largest absolute Gasteiger partial charge is 0.496 e. The Balaban J connectivity index is 1.78. The summed E-state index contributed by atoms with van der Waals surface area (Å²) in [6.07, 6.45) is 3.49. The summed E-state index contributed by atoms with van der Waals surface area (Å²) in [6.45, 7) is 2.05. The van der Waals surface area contributed by atoms with E-state index >= 15 is 0 Å². The van der Waals surface area contributed by atoms with E-state index in [1.165, 1.54) is 13.5 Å². The topological polar surface area (TPSA) is 83.5 Å². The molecule has 0 unspecified atom stereocenters. The molecule has 0 atom stereocenters. The molecule has 9 heteroatoms. The summed E-state index contributed by atoms with van der Waals surface area (Å²) in [5.74, 6) is 1.89. The van der Waals surface area contributed by atoms with Crippen LogP contribution in [0.2, 0.25) is 5.02 Å². The summed E-state index contributed by atoms with van der Waals surface area (Å²) in [7, 11) is 5.28. The number of nitrogens with zero attached hydrogens (tertiary/aromatic N) is 5. The van der Waals surface area contributed by atoms with Gasteiger partial charge in [-0.25, -0.2) is 0 Å². The van der Waals surface area contributed by atoms with Crippen molar-refractivity contribution in [1.29, 1.82) is 0 Å². The molecule has 8 nitrogen and oxygen atoms in total. The van der Waals surface area contributed by atoms with E-state index < -0.39 is 0 Å². The van der Waals surface area contributed by atoms with E-state index in [9.17, 15) is 4.79 Å². The Bertz CT molecular complexity index is 839. The fraction of sp³-hybridized carbons (Fsp3) is 0.474. The molecule has 0 aliphatic carbocycles. The number of rotatable bonds is 6. The lowest BCUT2D eigenvalue weighted by atomic mass is 10.1. The van der Waals surface area contributed by atoms with E-state index in [0.29, 0.717) is 34.1 Å². The van der Waals surface area contributed by atoms with Crippen LogP contribution in [0.25, 0.3) is 0 Å². The maximum Gasteiger partial charge on any atom is 0.255 e. The van der Waals surface area contributed by atoms with Crippen LogP contribution in [-0.4, -0.2) is 55.2 Å². The van der Waals surface area contributed by atoms with Gasteiger partial charge in [-0.3, -0.25) is 4.79 Å². The molecule has 1 saturated heterocycles. The van der Waals surface area contributed by atoms with Gasteiger partial charge in [0.25, 0.3) is 5.91 Å². The molecule has 28 heavy (non-hydrogen) atoms. The number of carbonyl (C=O) groups excluding carboxylic acids is 1. The molecule has 1 aliphatic rings. The second-order valence-electron chi connectivity index (χ2n) is 6.82. The Kier molecular flexibility index (Phi) is 6.51. The van der Waals surface area contributed by atoms with Crippen LogP contribution in [0.3, 0.4) is 0 Å². The number of carbonyl (C=O) groups is 1. The predicted molar refractivity (Wildman–Crippen MR) is 109 cm³/mol. The Labute approximate surface area is 169 Å². The molecule has 0 saturated carbocycles. The fourth-order valence-corrected chi connectivity index (χ4v) is 3.19. The van der Waals surface area contributed by atoms with Gasteiger partial charge in [0.2, 0.25) is 11.9 Å². The zero-order chi connectivity index (χ0) is 20.1. The van der Waals surface area contributed by atoms with Crippen LogP contribution in [-0.2, 0) is 6.54 Å². The van der Waals surface area contributed by atoms with Crippen molar-refractivity contribution in [2.24, 2.45) is 0 Å². The van der Waals surface area contributed by atoms with Gasteiger partial charge < -0.3 is 19.9 Å². The Morgan fingerprint density at radius 1 is 1.21 bits per heavy atom. The molecule has 2 heterocycles. The molecule has 1 aromatic heterocycles. The monoisotopic (exact) mass is 404 g/mol. The fourth-order valence-electron chi connectivity index (χ4n) is 3.02. The maximum absolute atomic E-state index is 12.6. The Hall–Kier alpha value is -2.61. The lowest BCUT2D eigenvalue weighted by molar-refractivity contribution is 0.0947. The first-order chi connectivity index (χ1) is 13.5. The van der Waals surface area contributed by atoms with Crippen LogP contribution >= 0.6 is 11.6 Å². The van der Waals surface area contributed by atoms with Crippen molar-refractivity contribution in [2.45, 2.75) is 25.8 Å². The van der Waals surface area contributed by atoms with Gasteiger partial charge in [0.05, 0.1) is 19.2 Å². The van der Waals surface area contributed by atoms with E-state index in [-0.39, 0.29) is 12.5 Å². The van der Waals surface area contributed by atoms with Crippen molar-refractivity contribution >= 4 is 29.4 Å². The van der Waals surface area contributed by atoms with Crippen molar-refractivity contribution in [2.75, 3.05) is 44.1 Å². The van der Waals surface area contributed by atoms with Crippen molar-refractivity contribution in [1.82, 2.24) is 20.3 Å². The highest BCUT2D eigenvalue weighted by Crippen LogP contribution is 2.23. The second kappa shape index (κ2) is 9.05. The molecular weight excluding hydrogens is 380 g/mol. The van der Waals surface area contributed by atoms with Gasteiger partial charge in [-0.15, -0.1) is 0 Å². The van der Waals surface area contributed by atoms with Crippen molar-refractivity contribution in [3.05, 3.63) is 34.6 Å². The van der Waals surface area contributed by atoms with Crippen molar-refractivity contribution in [3.8, 4) is 5.75 Å². The first kappa shape index (κ1) is 20.1. The third kappa shape index (κ3) is 4.81. The Morgan fingerprint density at radius 3 is 2.64 bits per heavy atom. The molecule has 0 radical (unpaired) electrons. The third-order valence-corrected chi connectivity index (χ3v) is 4.75. The number of aromatic nitrogens is 3. The smallest absolute Gasteiger partial charge is 0.255 e. The standard InChI is InChI=1S/C19H25ClN6O2/c1-25(2)18-22-16(23-19(24-18)26-9-5-4-6-10-26)12-21-17(27)14-11-13(20)7-8-15(14)28-3/h7-8,11H,4-6,9-10,12H2,1-3H3,(H,21,27). The van der Waals surface area contributed by atoms with Crippen molar-refractivity contribution < 1.29 is 9.53 Å². The lowest BCUT2D eigenvalue weighted by Crippen LogP contribution is -2.33. The number of nitrogens with one attached hydrogen (secondary N) is 1. The minimum absolute atomic E-state index is 0.179. The average molecular weight is 405 g/mol. The molecule has 1 fully saturated rings. The zero-order valence-electron chi connectivity index (χ0n) is 16.4.